The molecule has 0 spiro atoms. The quantitative estimate of drug-likeness (QED) is 0.859. The van der Waals surface area contributed by atoms with Gasteiger partial charge in [-0.2, -0.15) is 0 Å². The molecule has 88 valence electrons. The molecular formula is C14H16N2O. The summed E-state index contributed by atoms with van der Waals surface area (Å²) in [6.07, 6.45) is 5.74. The first-order valence-corrected chi connectivity index (χ1v) is 6.14. The lowest BCUT2D eigenvalue weighted by molar-refractivity contribution is 0.460. The molecule has 1 aliphatic heterocycles. The Balaban J connectivity index is 1.88. The predicted molar refractivity (Wildman–Crippen MR) is 66.8 cm³/mol. The molecule has 0 saturated carbocycles. The summed E-state index contributed by atoms with van der Waals surface area (Å²) in [5, 5.41) is 3.40. The number of piperidine rings is 1. The van der Waals surface area contributed by atoms with Crippen molar-refractivity contribution in [3.8, 4) is 11.5 Å². The van der Waals surface area contributed by atoms with E-state index in [1.165, 1.54) is 18.4 Å². The van der Waals surface area contributed by atoms with E-state index in [0.29, 0.717) is 11.8 Å². The van der Waals surface area contributed by atoms with Gasteiger partial charge in [0.2, 0.25) is 5.89 Å². The maximum atomic E-state index is 5.34. The second-order valence-electron chi connectivity index (χ2n) is 4.49. The van der Waals surface area contributed by atoms with Crippen molar-refractivity contribution in [2.75, 3.05) is 13.1 Å². The van der Waals surface area contributed by atoms with Gasteiger partial charge in [0.15, 0.2) is 0 Å². The maximum absolute atomic E-state index is 5.34. The Morgan fingerprint density at radius 1 is 1.24 bits per heavy atom. The van der Waals surface area contributed by atoms with Crippen LogP contribution in [0.1, 0.15) is 24.3 Å². The zero-order valence-electron chi connectivity index (χ0n) is 9.73. The summed E-state index contributed by atoms with van der Waals surface area (Å²) in [6, 6.07) is 8.57. The molecule has 0 amide bonds. The zero-order chi connectivity index (χ0) is 11.5. The Bertz CT molecular complexity index is 473. The van der Waals surface area contributed by atoms with Gasteiger partial charge in [-0.1, -0.05) is 12.1 Å². The molecule has 3 nitrogen and oxygen atoms in total. The Labute approximate surface area is 101 Å². The molecule has 3 rings (SSSR count). The fourth-order valence-electron chi connectivity index (χ4n) is 2.45. The predicted octanol–water partition coefficient (Wildman–Crippen LogP) is 2.81. The van der Waals surface area contributed by atoms with E-state index in [0.717, 1.165) is 18.7 Å². The fraction of sp³-hybridized carbons (Fsp3) is 0.357. The molecule has 1 fully saturated rings. The van der Waals surface area contributed by atoms with Crippen LogP contribution in [0, 0.1) is 0 Å². The normalized spacial score (nSPS) is 17.2. The summed E-state index contributed by atoms with van der Waals surface area (Å²) in [5.74, 6) is 1.38. The Kier molecular flexibility index (Phi) is 2.92. The number of nitrogens with zero attached hydrogens (tertiary/aromatic N) is 1. The SMILES string of the molecule is c1cc(-c2ncco2)cc(C2CCNCC2)c1. The molecule has 0 atom stereocenters. The minimum absolute atomic E-state index is 0.672. The standard InChI is InChI=1S/C14H16N2O/c1-2-12(11-4-6-15-7-5-11)10-13(3-1)14-16-8-9-17-14/h1-3,8-11,15H,4-7H2. The van der Waals surface area contributed by atoms with Crippen LogP contribution in [0.25, 0.3) is 11.5 Å². The summed E-state index contributed by atoms with van der Waals surface area (Å²) >= 11 is 0. The van der Waals surface area contributed by atoms with Crippen molar-refractivity contribution in [3.63, 3.8) is 0 Å². The molecule has 1 saturated heterocycles. The highest BCUT2D eigenvalue weighted by atomic mass is 16.3. The molecule has 17 heavy (non-hydrogen) atoms. The molecule has 0 unspecified atom stereocenters. The Morgan fingerprint density at radius 3 is 2.88 bits per heavy atom. The van der Waals surface area contributed by atoms with Crippen molar-refractivity contribution >= 4 is 0 Å². The minimum Gasteiger partial charge on any atom is -0.445 e. The third-order valence-electron chi connectivity index (χ3n) is 3.38. The second kappa shape index (κ2) is 4.72. The van der Waals surface area contributed by atoms with Crippen LogP contribution in [-0.2, 0) is 0 Å². The van der Waals surface area contributed by atoms with E-state index in [9.17, 15) is 0 Å². The van der Waals surface area contributed by atoms with Crippen molar-refractivity contribution in [2.45, 2.75) is 18.8 Å². The molecule has 0 aliphatic carbocycles. The molecule has 1 aliphatic rings. The summed E-state index contributed by atoms with van der Waals surface area (Å²) in [4.78, 5) is 4.19. The summed E-state index contributed by atoms with van der Waals surface area (Å²) in [5.41, 5.74) is 2.48. The van der Waals surface area contributed by atoms with Crippen LogP contribution in [0.2, 0.25) is 0 Å². The summed E-state index contributed by atoms with van der Waals surface area (Å²) < 4.78 is 5.34. The van der Waals surface area contributed by atoms with Crippen molar-refractivity contribution < 1.29 is 4.42 Å². The van der Waals surface area contributed by atoms with Gasteiger partial charge >= 0.3 is 0 Å². The van der Waals surface area contributed by atoms with Gasteiger partial charge in [0.05, 0.1) is 6.20 Å². The molecule has 2 aromatic rings. The molecule has 3 heteroatoms. The van der Waals surface area contributed by atoms with Gasteiger partial charge in [-0.25, -0.2) is 4.98 Å². The van der Waals surface area contributed by atoms with Crippen LogP contribution in [-0.4, -0.2) is 18.1 Å². The van der Waals surface area contributed by atoms with E-state index >= 15 is 0 Å². The van der Waals surface area contributed by atoms with Gasteiger partial charge in [0.1, 0.15) is 6.26 Å². The largest absolute Gasteiger partial charge is 0.445 e. The Hall–Kier alpha value is -1.61. The maximum Gasteiger partial charge on any atom is 0.225 e. The van der Waals surface area contributed by atoms with Gasteiger partial charge in [-0.05, 0) is 49.5 Å². The number of oxazole rings is 1. The van der Waals surface area contributed by atoms with Crippen molar-refractivity contribution in [2.24, 2.45) is 0 Å². The highest BCUT2D eigenvalue weighted by Gasteiger charge is 2.15. The lowest BCUT2D eigenvalue weighted by Gasteiger charge is -2.23. The number of hydrogen-bond acceptors (Lipinski definition) is 3. The lowest BCUT2D eigenvalue weighted by atomic mass is 9.89. The molecule has 1 N–H and O–H groups in total. The summed E-state index contributed by atoms with van der Waals surface area (Å²) in [6.45, 7) is 2.24. The van der Waals surface area contributed by atoms with E-state index in [1.54, 1.807) is 12.5 Å². The fourth-order valence-corrected chi connectivity index (χ4v) is 2.45. The molecule has 0 radical (unpaired) electrons. The first kappa shape index (κ1) is 10.5. The average Bonchev–Trinajstić information content (AvgIpc) is 2.94. The molecule has 0 bridgehead atoms. The lowest BCUT2D eigenvalue weighted by Crippen LogP contribution is -2.26. The van der Waals surface area contributed by atoms with Crippen LogP contribution in [0.3, 0.4) is 0 Å². The molecule has 1 aromatic carbocycles. The van der Waals surface area contributed by atoms with Gasteiger partial charge < -0.3 is 9.73 Å². The second-order valence-corrected chi connectivity index (χ2v) is 4.49. The van der Waals surface area contributed by atoms with Crippen LogP contribution in [0.15, 0.2) is 41.1 Å². The highest BCUT2D eigenvalue weighted by molar-refractivity contribution is 5.54. The van der Waals surface area contributed by atoms with E-state index < -0.39 is 0 Å². The third kappa shape index (κ3) is 2.24. The van der Waals surface area contributed by atoms with Crippen LogP contribution >= 0.6 is 0 Å². The monoisotopic (exact) mass is 228 g/mol. The first-order valence-electron chi connectivity index (χ1n) is 6.14. The van der Waals surface area contributed by atoms with Crippen molar-refractivity contribution in [1.82, 2.24) is 10.3 Å². The van der Waals surface area contributed by atoms with E-state index in [1.807, 2.05) is 0 Å². The van der Waals surface area contributed by atoms with E-state index in [2.05, 4.69) is 34.6 Å². The number of nitrogens with one attached hydrogen (secondary N) is 1. The number of rotatable bonds is 2. The van der Waals surface area contributed by atoms with Gasteiger partial charge in [-0.15, -0.1) is 0 Å². The molecule has 2 heterocycles. The number of benzene rings is 1. The topological polar surface area (TPSA) is 38.1 Å². The van der Waals surface area contributed by atoms with Crippen LogP contribution < -0.4 is 5.32 Å². The zero-order valence-corrected chi connectivity index (χ0v) is 9.73. The van der Waals surface area contributed by atoms with E-state index in [4.69, 9.17) is 4.42 Å². The number of aromatic nitrogens is 1. The van der Waals surface area contributed by atoms with Gasteiger partial charge in [0, 0.05) is 5.56 Å². The van der Waals surface area contributed by atoms with E-state index in [-0.39, 0.29) is 0 Å². The van der Waals surface area contributed by atoms with Crippen LogP contribution in [0.4, 0.5) is 0 Å². The Morgan fingerprint density at radius 2 is 2.12 bits per heavy atom. The van der Waals surface area contributed by atoms with Gasteiger partial charge in [-0.3, -0.25) is 0 Å². The minimum atomic E-state index is 0.672. The van der Waals surface area contributed by atoms with Crippen molar-refractivity contribution in [3.05, 3.63) is 42.3 Å². The highest BCUT2D eigenvalue weighted by Crippen LogP contribution is 2.28. The average molecular weight is 228 g/mol. The van der Waals surface area contributed by atoms with Gasteiger partial charge in [0.25, 0.3) is 0 Å². The van der Waals surface area contributed by atoms with Crippen molar-refractivity contribution in [1.29, 1.82) is 0 Å². The van der Waals surface area contributed by atoms with Crippen LogP contribution in [0.5, 0.6) is 0 Å². The third-order valence-corrected chi connectivity index (χ3v) is 3.38. The molecule has 1 aromatic heterocycles. The molecular weight excluding hydrogens is 212 g/mol. The summed E-state index contributed by atoms with van der Waals surface area (Å²) in [7, 11) is 0. The number of hydrogen-bond donors (Lipinski definition) is 1. The smallest absolute Gasteiger partial charge is 0.225 e. The first-order chi connectivity index (χ1) is 8.43.